The Balaban J connectivity index is 1.44. The summed E-state index contributed by atoms with van der Waals surface area (Å²) in [5.74, 6) is 0.604. The lowest BCUT2D eigenvalue weighted by Crippen LogP contribution is -3.11. The predicted octanol–water partition coefficient (Wildman–Crippen LogP) is 2.96. The summed E-state index contributed by atoms with van der Waals surface area (Å²) in [6.45, 7) is 5.32. The van der Waals surface area contributed by atoms with Crippen molar-refractivity contribution in [3.05, 3.63) is 64.0 Å². The molecule has 3 N–H and O–H groups in total. The third kappa shape index (κ3) is 2.82. The normalized spacial score (nSPS) is 20.9. The van der Waals surface area contributed by atoms with Crippen molar-refractivity contribution in [1.82, 2.24) is 5.32 Å². The summed E-state index contributed by atoms with van der Waals surface area (Å²) in [4.78, 5) is 15.7. The summed E-state index contributed by atoms with van der Waals surface area (Å²) in [6, 6.07) is 10.0. The molecule has 2 atom stereocenters. The van der Waals surface area contributed by atoms with Crippen LogP contribution in [-0.2, 0) is 13.0 Å². The highest BCUT2D eigenvalue weighted by atomic mass is 32.1. The molecule has 3 aromatic rings. The van der Waals surface area contributed by atoms with E-state index in [1.54, 1.807) is 46.6 Å². The largest absolute Gasteiger partial charge is 0.457 e. The Hall–Kier alpha value is -2.64. The highest BCUT2D eigenvalue weighted by Crippen LogP contribution is 2.39. The standard InChI is InChI=1S/C21H20FN3O2S/c1-2-25-10-9-13-17(11-25)28-21-18(13)20(26)23-19(24-21)16-8-7-15(27-16)12-5-3-4-6-14(12)22/h3-8,19,24H,2,9-11H2,1H3,(H,23,26)/p+1/t19-/m1/s1. The van der Waals surface area contributed by atoms with Crippen LogP contribution < -0.4 is 15.5 Å². The lowest BCUT2D eigenvalue weighted by atomic mass is 10.0. The summed E-state index contributed by atoms with van der Waals surface area (Å²) in [6.07, 6.45) is 0.470. The van der Waals surface area contributed by atoms with Gasteiger partial charge in [-0.1, -0.05) is 12.1 Å². The van der Waals surface area contributed by atoms with E-state index >= 15 is 0 Å². The predicted molar refractivity (Wildman–Crippen MR) is 106 cm³/mol. The van der Waals surface area contributed by atoms with Crippen LogP contribution in [0.2, 0.25) is 0 Å². The Morgan fingerprint density at radius 3 is 2.93 bits per heavy atom. The van der Waals surface area contributed by atoms with E-state index in [1.807, 2.05) is 0 Å². The lowest BCUT2D eigenvalue weighted by molar-refractivity contribution is -0.913. The molecular formula is C21H21FN3O2S+. The highest BCUT2D eigenvalue weighted by Gasteiger charge is 2.35. The second kappa shape index (κ2) is 6.76. The van der Waals surface area contributed by atoms with Gasteiger partial charge in [0.15, 0.2) is 6.17 Å². The molecular weight excluding hydrogens is 377 g/mol. The minimum Gasteiger partial charge on any atom is -0.457 e. The van der Waals surface area contributed by atoms with E-state index in [2.05, 4.69) is 17.6 Å². The van der Waals surface area contributed by atoms with Crippen molar-refractivity contribution in [2.24, 2.45) is 0 Å². The third-order valence-electron chi connectivity index (χ3n) is 5.56. The zero-order chi connectivity index (χ0) is 19.3. The number of hydrogen-bond donors (Lipinski definition) is 3. The number of carbonyl (C=O) groups excluding carboxylic acids is 1. The van der Waals surface area contributed by atoms with Gasteiger partial charge in [-0.15, -0.1) is 11.3 Å². The number of amides is 1. The van der Waals surface area contributed by atoms with Crippen molar-refractivity contribution in [3.63, 3.8) is 0 Å². The van der Waals surface area contributed by atoms with Gasteiger partial charge in [0.25, 0.3) is 5.91 Å². The lowest BCUT2D eigenvalue weighted by Gasteiger charge is -2.25. The van der Waals surface area contributed by atoms with Crippen molar-refractivity contribution in [3.8, 4) is 11.3 Å². The first-order valence-corrected chi connectivity index (χ1v) is 10.4. The van der Waals surface area contributed by atoms with E-state index in [0.29, 0.717) is 17.1 Å². The number of fused-ring (bicyclic) bond motifs is 3. The highest BCUT2D eigenvalue weighted by molar-refractivity contribution is 7.16. The van der Waals surface area contributed by atoms with Crippen LogP contribution in [0.15, 0.2) is 40.8 Å². The van der Waals surface area contributed by atoms with Crippen LogP contribution in [0.1, 0.15) is 39.6 Å². The fourth-order valence-electron chi connectivity index (χ4n) is 4.01. The minimum atomic E-state index is -0.463. The van der Waals surface area contributed by atoms with Gasteiger partial charge in [0.2, 0.25) is 0 Å². The summed E-state index contributed by atoms with van der Waals surface area (Å²) >= 11 is 1.67. The van der Waals surface area contributed by atoms with Gasteiger partial charge in [-0.05, 0) is 36.8 Å². The minimum absolute atomic E-state index is 0.0694. The number of carbonyl (C=O) groups is 1. The molecule has 0 radical (unpaired) electrons. The maximum absolute atomic E-state index is 14.0. The zero-order valence-electron chi connectivity index (χ0n) is 15.5. The number of thiophene rings is 1. The first kappa shape index (κ1) is 17.5. The average Bonchev–Trinajstić information content (AvgIpc) is 3.32. The van der Waals surface area contributed by atoms with Gasteiger partial charge >= 0.3 is 0 Å². The molecule has 0 saturated carbocycles. The molecule has 0 aliphatic carbocycles. The monoisotopic (exact) mass is 398 g/mol. The maximum atomic E-state index is 14.0. The molecule has 4 heterocycles. The molecule has 1 unspecified atom stereocenters. The molecule has 7 heteroatoms. The van der Waals surface area contributed by atoms with Gasteiger partial charge in [0, 0.05) is 6.42 Å². The molecule has 2 aliphatic rings. The van der Waals surface area contributed by atoms with Gasteiger partial charge in [0.1, 0.15) is 28.9 Å². The van der Waals surface area contributed by atoms with E-state index in [4.69, 9.17) is 4.42 Å². The molecule has 28 heavy (non-hydrogen) atoms. The Morgan fingerprint density at radius 1 is 1.25 bits per heavy atom. The summed E-state index contributed by atoms with van der Waals surface area (Å²) in [5, 5.41) is 7.30. The van der Waals surface area contributed by atoms with E-state index < -0.39 is 6.17 Å². The Bertz CT molecular complexity index is 1060. The van der Waals surface area contributed by atoms with Crippen LogP contribution in [0, 0.1) is 5.82 Å². The van der Waals surface area contributed by atoms with Crippen molar-refractivity contribution in [2.75, 3.05) is 18.4 Å². The molecule has 0 fully saturated rings. The second-order valence-corrected chi connectivity index (χ2v) is 8.33. The molecule has 0 saturated heterocycles. The molecule has 2 aromatic heterocycles. The molecule has 0 spiro atoms. The number of quaternary nitrogens is 1. The van der Waals surface area contributed by atoms with Gasteiger partial charge in [-0.3, -0.25) is 4.79 Å². The first-order chi connectivity index (χ1) is 13.6. The van der Waals surface area contributed by atoms with Crippen LogP contribution in [0.4, 0.5) is 9.39 Å². The molecule has 0 bridgehead atoms. The number of hydrogen-bond acceptors (Lipinski definition) is 4. The number of furan rings is 1. The number of rotatable bonds is 3. The Kier molecular flexibility index (Phi) is 4.21. The fourth-order valence-corrected chi connectivity index (χ4v) is 5.35. The van der Waals surface area contributed by atoms with Gasteiger partial charge in [0.05, 0.1) is 29.1 Å². The van der Waals surface area contributed by atoms with Crippen LogP contribution in [0.5, 0.6) is 0 Å². The smallest absolute Gasteiger partial charge is 0.256 e. The SMILES string of the molecule is CC[NH+]1CCc2c(sc3c2C(=O)N[C@@H](c2ccc(-c4ccccc4F)o2)N3)C1. The van der Waals surface area contributed by atoms with Crippen LogP contribution in [-0.4, -0.2) is 19.0 Å². The molecule has 5 nitrogen and oxygen atoms in total. The molecule has 2 aliphatic heterocycles. The maximum Gasteiger partial charge on any atom is 0.256 e. The van der Waals surface area contributed by atoms with Crippen molar-refractivity contribution in [1.29, 1.82) is 0 Å². The van der Waals surface area contributed by atoms with Gasteiger partial charge in [-0.25, -0.2) is 4.39 Å². The van der Waals surface area contributed by atoms with Crippen LogP contribution >= 0.6 is 11.3 Å². The van der Waals surface area contributed by atoms with Crippen LogP contribution in [0.25, 0.3) is 11.3 Å². The van der Waals surface area contributed by atoms with E-state index in [0.717, 1.165) is 36.6 Å². The zero-order valence-corrected chi connectivity index (χ0v) is 16.3. The average molecular weight is 398 g/mol. The number of nitrogens with one attached hydrogen (secondary N) is 3. The number of halogens is 1. The topological polar surface area (TPSA) is 58.7 Å². The number of benzene rings is 1. The van der Waals surface area contributed by atoms with Crippen molar-refractivity contribution >= 4 is 22.2 Å². The van der Waals surface area contributed by atoms with Crippen LogP contribution in [0.3, 0.4) is 0 Å². The molecule has 144 valence electrons. The second-order valence-electron chi connectivity index (χ2n) is 7.22. The fraction of sp³-hybridized carbons (Fsp3) is 0.286. The van der Waals surface area contributed by atoms with Gasteiger partial charge < -0.3 is 20.0 Å². The number of likely N-dealkylation sites (N-methyl/N-ethyl adjacent to an activating group) is 1. The van der Waals surface area contributed by atoms with Crippen molar-refractivity contribution in [2.45, 2.75) is 26.1 Å². The first-order valence-electron chi connectivity index (χ1n) is 9.54. The molecule has 5 rings (SSSR count). The summed E-state index contributed by atoms with van der Waals surface area (Å²) < 4.78 is 19.9. The number of anilines is 1. The Morgan fingerprint density at radius 2 is 2.11 bits per heavy atom. The Labute approximate surface area is 166 Å². The van der Waals surface area contributed by atoms with E-state index in [1.165, 1.54) is 16.5 Å². The molecule has 1 aromatic carbocycles. The van der Waals surface area contributed by atoms with E-state index in [-0.39, 0.29) is 11.7 Å². The van der Waals surface area contributed by atoms with E-state index in [9.17, 15) is 9.18 Å². The van der Waals surface area contributed by atoms with Gasteiger partial charge in [-0.2, -0.15) is 0 Å². The summed E-state index contributed by atoms with van der Waals surface area (Å²) in [7, 11) is 0. The summed E-state index contributed by atoms with van der Waals surface area (Å²) in [5.41, 5.74) is 2.38. The third-order valence-corrected chi connectivity index (χ3v) is 6.72. The molecule has 1 amide bonds. The quantitative estimate of drug-likeness (QED) is 0.636. The van der Waals surface area contributed by atoms with Crippen molar-refractivity contribution < 1.29 is 18.5 Å².